The second-order valence-electron chi connectivity index (χ2n) is 4.92. The zero-order valence-electron chi connectivity index (χ0n) is 11.3. The lowest BCUT2D eigenvalue weighted by atomic mass is 10.2. The van der Waals surface area contributed by atoms with Crippen LogP contribution in [0.3, 0.4) is 0 Å². The van der Waals surface area contributed by atoms with Crippen LogP contribution in [0.1, 0.15) is 18.5 Å². The van der Waals surface area contributed by atoms with Crippen molar-refractivity contribution in [2.24, 2.45) is 0 Å². The smallest absolute Gasteiger partial charge is 0.167 e. The Balaban J connectivity index is 1.68. The summed E-state index contributed by atoms with van der Waals surface area (Å²) in [5.74, 6) is -0.0380. The van der Waals surface area contributed by atoms with Gasteiger partial charge in [-0.15, -0.1) is 0 Å². The summed E-state index contributed by atoms with van der Waals surface area (Å²) in [6, 6.07) is 10.8. The Kier molecular flexibility index (Phi) is 3.81. The van der Waals surface area contributed by atoms with Gasteiger partial charge in [0.2, 0.25) is 0 Å². The van der Waals surface area contributed by atoms with E-state index in [0.717, 1.165) is 24.5 Å². The third kappa shape index (κ3) is 2.90. The molecule has 0 spiro atoms. The molecule has 0 bridgehead atoms. The molecule has 1 fully saturated rings. The van der Waals surface area contributed by atoms with Crippen molar-refractivity contribution >= 4 is 5.69 Å². The maximum absolute atomic E-state index is 14.0. The van der Waals surface area contributed by atoms with Crippen molar-refractivity contribution in [3.63, 3.8) is 0 Å². The van der Waals surface area contributed by atoms with Crippen LogP contribution in [0.4, 0.5) is 10.1 Å². The van der Waals surface area contributed by atoms with Gasteiger partial charge in [-0.3, -0.25) is 4.98 Å². The van der Waals surface area contributed by atoms with Crippen LogP contribution >= 0.6 is 0 Å². The lowest BCUT2D eigenvalue weighted by Gasteiger charge is -2.18. The molecular weight excluding hydrogens is 255 g/mol. The molecule has 0 N–H and O–H groups in total. The normalized spacial score (nSPS) is 14.6. The second-order valence-corrected chi connectivity index (χ2v) is 4.92. The molecule has 2 heterocycles. The highest BCUT2D eigenvalue weighted by Gasteiger charge is 2.14. The van der Waals surface area contributed by atoms with Crippen LogP contribution in [0, 0.1) is 5.82 Å². The Morgan fingerprint density at radius 2 is 2.00 bits per heavy atom. The van der Waals surface area contributed by atoms with Crippen LogP contribution in [0.2, 0.25) is 0 Å². The minimum atomic E-state index is -0.315. The molecule has 1 aromatic carbocycles. The van der Waals surface area contributed by atoms with Crippen LogP contribution in [0.25, 0.3) is 0 Å². The Morgan fingerprint density at radius 3 is 2.70 bits per heavy atom. The van der Waals surface area contributed by atoms with E-state index in [4.69, 9.17) is 4.74 Å². The minimum Gasteiger partial charge on any atom is -0.484 e. The van der Waals surface area contributed by atoms with Crippen molar-refractivity contribution in [3.05, 3.63) is 54.1 Å². The van der Waals surface area contributed by atoms with Crippen molar-refractivity contribution < 1.29 is 9.13 Å². The van der Waals surface area contributed by atoms with Gasteiger partial charge in [-0.1, -0.05) is 6.07 Å². The first kappa shape index (κ1) is 12.9. The first-order chi connectivity index (χ1) is 9.83. The molecule has 0 amide bonds. The van der Waals surface area contributed by atoms with E-state index < -0.39 is 0 Å². The van der Waals surface area contributed by atoms with Crippen LogP contribution in [-0.4, -0.2) is 18.1 Å². The standard InChI is InChI=1S/C16H17FN2O/c17-15-11-14(19-9-3-4-10-19)6-7-16(15)20-12-13-5-1-2-8-18-13/h1-2,5-8,11H,3-4,9-10,12H2. The Bertz CT molecular complexity index is 568. The van der Waals surface area contributed by atoms with E-state index >= 15 is 0 Å². The van der Waals surface area contributed by atoms with Gasteiger partial charge in [0.15, 0.2) is 11.6 Å². The lowest BCUT2D eigenvalue weighted by molar-refractivity contribution is 0.286. The zero-order chi connectivity index (χ0) is 13.8. The number of hydrogen-bond donors (Lipinski definition) is 0. The van der Waals surface area contributed by atoms with Gasteiger partial charge < -0.3 is 9.64 Å². The zero-order valence-corrected chi connectivity index (χ0v) is 11.3. The van der Waals surface area contributed by atoms with Crippen molar-refractivity contribution in [1.29, 1.82) is 0 Å². The summed E-state index contributed by atoms with van der Waals surface area (Å²) in [4.78, 5) is 6.35. The van der Waals surface area contributed by atoms with Gasteiger partial charge >= 0.3 is 0 Å². The largest absolute Gasteiger partial charge is 0.484 e. The minimum absolute atomic E-state index is 0.276. The molecular formula is C16H17FN2O. The summed E-state index contributed by atoms with van der Waals surface area (Å²) >= 11 is 0. The average molecular weight is 272 g/mol. The van der Waals surface area contributed by atoms with Crippen molar-refractivity contribution in [2.45, 2.75) is 19.4 Å². The van der Waals surface area contributed by atoms with Gasteiger partial charge in [0.25, 0.3) is 0 Å². The molecule has 0 saturated carbocycles. The SMILES string of the molecule is Fc1cc(N2CCCC2)ccc1OCc1ccccn1. The van der Waals surface area contributed by atoms with Gasteiger partial charge in [-0.25, -0.2) is 4.39 Å². The predicted octanol–water partition coefficient (Wildman–Crippen LogP) is 3.40. The Hall–Kier alpha value is -2.10. The van der Waals surface area contributed by atoms with E-state index in [-0.39, 0.29) is 18.2 Å². The van der Waals surface area contributed by atoms with E-state index in [2.05, 4.69) is 9.88 Å². The van der Waals surface area contributed by atoms with Gasteiger partial charge in [-0.2, -0.15) is 0 Å². The summed E-state index contributed by atoms with van der Waals surface area (Å²) in [6.45, 7) is 2.29. The third-order valence-corrected chi connectivity index (χ3v) is 3.49. The first-order valence-corrected chi connectivity index (χ1v) is 6.90. The third-order valence-electron chi connectivity index (χ3n) is 3.49. The highest BCUT2D eigenvalue weighted by molar-refractivity contribution is 5.50. The predicted molar refractivity (Wildman–Crippen MR) is 76.4 cm³/mol. The molecule has 3 rings (SSSR count). The summed E-state index contributed by atoms with van der Waals surface area (Å²) in [5.41, 5.74) is 1.72. The van der Waals surface area contributed by atoms with E-state index in [1.54, 1.807) is 18.3 Å². The number of pyridine rings is 1. The van der Waals surface area contributed by atoms with E-state index in [1.807, 2.05) is 24.3 Å². The summed E-state index contributed by atoms with van der Waals surface area (Å²) < 4.78 is 19.5. The number of anilines is 1. The maximum Gasteiger partial charge on any atom is 0.167 e. The van der Waals surface area contributed by atoms with Gasteiger partial charge in [0.05, 0.1) is 5.69 Å². The number of halogens is 1. The first-order valence-electron chi connectivity index (χ1n) is 6.90. The fourth-order valence-corrected chi connectivity index (χ4v) is 2.41. The van der Waals surface area contributed by atoms with Gasteiger partial charge in [0.1, 0.15) is 6.61 Å². The maximum atomic E-state index is 14.0. The Morgan fingerprint density at radius 1 is 1.15 bits per heavy atom. The molecule has 3 nitrogen and oxygen atoms in total. The molecule has 20 heavy (non-hydrogen) atoms. The van der Waals surface area contributed by atoms with Gasteiger partial charge in [0, 0.05) is 31.0 Å². The topological polar surface area (TPSA) is 25.4 Å². The number of nitrogens with zero attached hydrogens (tertiary/aromatic N) is 2. The van der Waals surface area contributed by atoms with Crippen LogP contribution in [0.15, 0.2) is 42.6 Å². The lowest BCUT2D eigenvalue weighted by Crippen LogP contribution is -2.17. The number of ether oxygens (including phenoxy) is 1. The Labute approximate surface area is 118 Å². The molecule has 4 heteroatoms. The highest BCUT2D eigenvalue weighted by Crippen LogP contribution is 2.26. The highest BCUT2D eigenvalue weighted by atomic mass is 19.1. The molecule has 1 saturated heterocycles. The fourth-order valence-electron chi connectivity index (χ4n) is 2.41. The monoisotopic (exact) mass is 272 g/mol. The molecule has 0 aliphatic carbocycles. The van der Waals surface area contributed by atoms with Gasteiger partial charge in [-0.05, 0) is 37.1 Å². The number of hydrogen-bond acceptors (Lipinski definition) is 3. The van der Waals surface area contributed by atoms with Crippen LogP contribution < -0.4 is 9.64 Å². The average Bonchev–Trinajstić information content (AvgIpc) is 3.01. The molecule has 1 aliphatic heterocycles. The number of rotatable bonds is 4. The van der Waals surface area contributed by atoms with Crippen LogP contribution in [0.5, 0.6) is 5.75 Å². The molecule has 1 aromatic heterocycles. The summed E-state index contributed by atoms with van der Waals surface area (Å²) in [7, 11) is 0. The molecule has 104 valence electrons. The molecule has 2 aromatic rings. The molecule has 1 aliphatic rings. The fraction of sp³-hybridized carbons (Fsp3) is 0.312. The second kappa shape index (κ2) is 5.90. The summed E-state index contributed by atoms with van der Waals surface area (Å²) in [6.07, 6.45) is 4.06. The molecule has 0 unspecified atom stereocenters. The van der Waals surface area contributed by atoms with E-state index in [1.165, 1.54) is 12.8 Å². The summed E-state index contributed by atoms with van der Waals surface area (Å²) in [5, 5.41) is 0. The number of benzene rings is 1. The number of aromatic nitrogens is 1. The van der Waals surface area contributed by atoms with Crippen LogP contribution in [-0.2, 0) is 6.61 Å². The van der Waals surface area contributed by atoms with Crippen molar-refractivity contribution in [3.8, 4) is 5.75 Å². The van der Waals surface area contributed by atoms with Crippen molar-refractivity contribution in [2.75, 3.05) is 18.0 Å². The molecule has 0 radical (unpaired) electrons. The molecule has 0 atom stereocenters. The van der Waals surface area contributed by atoms with Crippen molar-refractivity contribution in [1.82, 2.24) is 4.98 Å². The van der Waals surface area contributed by atoms with E-state index in [0.29, 0.717) is 0 Å². The van der Waals surface area contributed by atoms with E-state index in [9.17, 15) is 4.39 Å². The quantitative estimate of drug-likeness (QED) is 0.853.